The van der Waals surface area contributed by atoms with Crippen LogP contribution in [0.15, 0.2) is 58.6 Å². The standard InChI is InChI=1S/C17H11ClFN3O2/c18-11-3-6-15-13(7-11)16(23)14(9-20-15)17(24)22-21-8-10-1-4-12(19)5-2-10/h1-9H,(H,20,23)(H,22,24)/b21-8+. The molecule has 2 N–H and O–H groups in total. The van der Waals surface area contributed by atoms with Crippen molar-refractivity contribution in [2.75, 3.05) is 0 Å². The van der Waals surface area contributed by atoms with Crippen molar-refractivity contribution in [2.24, 2.45) is 5.10 Å². The molecule has 2 aromatic carbocycles. The Bertz CT molecular complexity index is 997. The van der Waals surface area contributed by atoms with Crippen LogP contribution in [0.25, 0.3) is 10.9 Å². The molecule has 0 bridgehead atoms. The number of halogens is 2. The number of nitrogens with zero attached hydrogens (tertiary/aromatic N) is 1. The van der Waals surface area contributed by atoms with Gasteiger partial charge < -0.3 is 4.98 Å². The van der Waals surface area contributed by atoms with E-state index in [1.807, 2.05) is 0 Å². The Morgan fingerprint density at radius 3 is 2.71 bits per heavy atom. The van der Waals surface area contributed by atoms with Crippen LogP contribution in [-0.4, -0.2) is 17.1 Å². The summed E-state index contributed by atoms with van der Waals surface area (Å²) in [5.41, 5.74) is 2.93. The van der Waals surface area contributed by atoms with Gasteiger partial charge in [0.05, 0.1) is 6.21 Å². The molecule has 0 saturated heterocycles. The molecule has 0 aliphatic heterocycles. The van der Waals surface area contributed by atoms with E-state index in [-0.39, 0.29) is 11.4 Å². The summed E-state index contributed by atoms with van der Waals surface area (Å²) in [6.45, 7) is 0. The Balaban J connectivity index is 1.82. The minimum Gasteiger partial charge on any atom is -0.360 e. The Morgan fingerprint density at radius 1 is 1.21 bits per heavy atom. The molecule has 0 aliphatic rings. The maximum Gasteiger partial charge on any atom is 0.276 e. The maximum atomic E-state index is 12.8. The lowest BCUT2D eigenvalue weighted by Gasteiger charge is -2.03. The van der Waals surface area contributed by atoms with Gasteiger partial charge in [-0.25, -0.2) is 9.82 Å². The first-order chi connectivity index (χ1) is 11.5. The van der Waals surface area contributed by atoms with Crippen LogP contribution in [0.1, 0.15) is 15.9 Å². The average molecular weight is 344 g/mol. The normalized spacial score (nSPS) is 11.1. The fourth-order valence-corrected chi connectivity index (χ4v) is 2.31. The number of benzene rings is 2. The summed E-state index contributed by atoms with van der Waals surface area (Å²) in [4.78, 5) is 27.3. The largest absolute Gasteiger partial charge is 0.360 e. The quantitative estimate of drug-likeness (QED) is 0.566. The second-order valence-corrected chi connectivity index (χ2v) is 5.41. The highest BCUT2D eigenvalue weighted by Gasteiger charge is 2.12. The Hall–Kier alpha value is -2.99. The van der Waals surface area contributed by atoms with Crippen molar-refractivity contribution in [3.05, 3.63) is 80.9 Å². The predicted molar refractivity (Wildman–Crippen MR) is 91.0 cm³/mol. The predicted octanol–water partition coefficient (Wildman–Crippen LogP) is 3.08. The number of aromatic amines is 1. The van der Waals surface area contributed by atoms with Gasteiger partial charge in [-0.2, -0.15) is 5.10 Å². The van der Waals surface area contributed by atoms with E-state index < -0.39 is 11.3 Å². The number of nitrogens with one attached hydrogen (secondary N) is 2. The molecule has 5 nitrogen and oxygen atoms in total. The lowest BCUT2D eigenvalue weighted by molar-refractivity contribution is 0.0954. The number of amides is 1. The van der Waals surface area contributed by atoms with Gasteiger partial charge in [0.15, 0.2) is 0 Å². The third kappa shape index (κ3) is 3.33. The second-order valence-electron chi connectivity index (χ2n) is 4.97. The molecule has 0 atom stereocenters. The maximum absolute atomic E-state index is 12.8. The van der Waals surface area contributed by atoms with E-state index in [1.54, 1.807) is 12.1 Å². The number of fused-ring (bicyclic) bond motifs is 1. The molecule has 0 aliphatic carbocycles. The first kappa shape index (κ1) is 15.9. The third-order valence-corrected chi connectivity index (χ3v) is 3.57. The molecule has 0 spiro atoms. The molecule has 24 heavy (non-hydrogen) atoms. The summed E-state index contributed by atoms with van der Waals surface area (Å²) in [6.07, 6.45) is 2.67. The second kappa shape index (κ2) is 6.64. The smallest absolute Gasteiger partial charge is 0.276 e. The summed E-state index contributed by atoms with van der Waals surface area (Å²) in [5, 5.41) is 4.48. The molecule has 0 saturated carbocycles. The summed E-state index contributed by atoms with van der Waals surface area (Å²) in [7, 11) is 0. The van der Waals surface area contributed by atoms with Crippen LogP contribution in [-0.2, 0) is 0 Å². The molecule has 3 rings (SSSR count). The lowest BCUT2D eigenvalue weighted by atomic mass is 10.1. The van der Waals surface area contributed by atoms with E-state index in [2.05, 4.69) is 15.5 Å². The summed E-state index contributed by atoms with van der Waals surface area (Å²) < 4.78 is 12.8. The first-order valence-electron chi connectivity index (χ1n) is 6.94. The highest BCUT2D eigenvalue weighted by Crippen LogP contribution is 2.15. The number of hydrogen-bond donors (Lipinski definition) is 2. The number of H-pyrrole nitrogens is 1. The van der Waals surface area contributed by atoms with Crippen molar-refractivity contribution >= 4 is 34.6 Å². The van der Waals surface area contributed by atoms with E-state index in [0.29, 0.717) is 21.5 Å². The fourth-order valence-electron chi connectivity index (χ4n) is 2.13. The van der Waals surface area contributed by atoms with Crippen LogP contribution < -0.4 is 10.9 Å². The molecule has 1 aromatic heterocycles. The SMILES string of the molecule is O=C(N/N=C/c1ccc(F)cc1)c1c[nH]c2ccc(Cl)cc2c1=O. The molecule has 1 heterocycles. The van der Waals surface area contributed by atoms with Crippen LogP contribution in [0.4, 0.5) is 4.39 Å². The minimum atomic E-state index is -0.656. The van der Waals surface area contributed by atoms with E-state index in [4.69, 9.17) is 11.6 Å². The molecule has 120 valence electrons. The van der Waals surface area contributed by atoms with Gasteiger partial charge >= 0.3 is 0 Å². The van der Waals surface area contributed by atoms with Crippen molar-refractivity contribution < 1.29 is 9.18 Å². The molecule has 7 heteroatoms. The zero-order valence-electron chi connectivity index (χ0n) is 12.2. The Kier molecular flexibility index (Phi) is 4.39. The van der Waals surface area contributed by atoms with Crippen LogP contribution in [0.2, 0.25) is 5.02 Å². The monoisotopic (exact) mass is 343 g/mol. The van der Waals surface area contributed by atoms with Crippen molar-refractivity contribution in [2.45, 2.75) is 0 Å². The number of rotatable bonds is 3. The third-order valence-electron chi connectivity index (χ3n) is 3.34. The van der Waals surface area contributed by atoms with Crippen LogP contribution in [0.5, 0.6) is 0 Å². The molecular weight excluding hydrogens is 333 g/mol. The van der Waals surface area contributed by atoms with Gasteiger partial charge in [0.1, 0.15) is 11.4 Å². The molecular formula is C17H11ClFN3O2. The number of hydrazone groups is 1. The van der Waals surface area contributed by atoms with Gasteiger partial charge in [0.2, 0.25) is 5.43 Å². The number of hydrogen-bond acceptors (Lipinski definition) is 3. The van der Waals surface area contributed by atoms with E-state index >= 15 is 0 Å². The summed E-state index contributed by atoms with van der Waals surface area (Å²) in [5.74, 6) is -1.02. The van der Waals surface area contributed by atoms with Crippen molar-refractivity contribution in [1.82, 2.24) is 10.4 Å². The van der Waals surface area contributed by atoms with E-state index in [1.165, 1.54) is 42.7 Å². The van der Waals surface area contributed by atoms with Crippen LogP contribution in [0, 0.1) is 5.82 Å². The van der Waals surface area contributed by atoms with Crippen molar-refractivity contribution in [3.63, 3.8) is 0 Å². The minimum absolute atomic E-state index is 0.0824. The van der Waals surface area contributed by atoms with Crippen molar-refractivity contribution in [1.29, 1.82) is 0 Å². The number of pyridine rings is 1. The van der Waals surface area contributed by atoms with Crippen LogP contribution in [0.3, 0.4) is 0 Å². The molecule has 0 fully saturated rings. The van der Waals surface area contributed by atoms with Gasteiger partial charge in [0.25, 0.3) is 5.91 Å². The molecule has 0 radical (unpaired) electrons. The number of carbonyl (C=O) groups excluding carboxylic acids is 1. The van der Waals surface area contributed by atoms with Crippen LogP contribution >= 0.6 is 11.6 Å². The highest BCUT2D eigenvalue weighted by atomic mass is 35.5. The summed E-state index contributed by atoms with van der Waals surface area (Å²) in [6, 6.07) is 10.4. The van der Waals surface area contributed by atoms with Gasteiger partial charge in [-0.05, 0) is 35.9 Å². The van der Waals surface area contributed by atoms with Crippen molar-refractivity contribution in [3.8, 4) is 0 Å². The van der Waals surface area contributed by atoms with Gasteiger partial charge in [-0.1, -0.05) is 23.7 Å². The Morgan fingerprint density at radius 2 is 1.96 bits per heavy atom. The molecule has 3 aromatic rings. The molecule has 1 amide bonds. The summed E-state index contributed by atoms with van der Waals surface area (Å²) >= 11 is 5.88. The first-order valence-corrected chi connectivity index (χ1v) is 7.32. The van der Waals surface area contributed by atoms with E-state index in [9.17, 15) is 14.0 Å². The fraction of sp³-hybridized carbons (Fsp3) is 0. The van der Waals surface area contributed by atoms with E-state index in [0.717, 1.165) is 0 Å². The Labute approximate surface area is 140 Å². The number of aromatic nitrogens is 1. The van der Waals surface area contributed by atoms with Gasteiger partial charge in [-0.15, -0.1) is 0 Å². The van der Waals surface area contributed by atoms with Gasteiger partial charge in [-0.3, -0.25) is 9.59 Å². The lowest BCUT2D eigenvalue weighted by Crippen LogP contribution is -2.25. The number of carbonyl (C=O) groups is 1. The highest BCUT2D eigenvalue weighted by molar-refractivity contribution is 6.31. The average Bonchev–Trinajstić information content (AvgIpc) is 2.57. The zero-order valence-corrected chi connectivity index (χ0v) is 13.0. The molecule has 0 unspecified atom stereocenters. The zero-order chi connectivity index (χ0) is 17.1. The topological polar surface area (TPSA) is 74.3 Å². The van der Waals surface area contributed by atoms with Gasteiger partial charge in [0, 0.05) is 22.1 Å².